The van der Waals surface area contributed by atoms with Crippen LogP contribution >= 0.6 is 23.2 Å². The van der Waals surface area contributed by atoms with E-state index in [0.29, 0.717) is 6.07 Å². The van der Waals surface area contributed by atoms with Crippen LogP contribution in [-0.2, 0) is 0 Å². The summed E-state index contributed by atoms with van der Waals surface area (Å²) in [5.74, 6) is -0.952. The zero-order valence-corrected chi connectivity index (χ0v) is 7.80. The van der Waals surface area contributed by atoms with Crippen molar-refractivity contribution in [3.63, 3.8) is 0 Å². The van der Waals surface area contributed by atoms with Gasteiger partial charge >= 0.3 is 6.36 Å². The lowest BCUT2D eigenvalue weighted by molar-refractivity contribution is -0.275. The van der Waals surface area contributed by atoms with Crippen molar-refractivity contribution in [1.82, 2.24) is 4.98 Å². The fraction of sp³-hybridized carbons (Fsp3) is 0.167. The molecule has 1 N–H and O–H groups in total. The van der Waals surface area contributed by atoms with E-state index in [9.17, 15) is 18.0 Å². The summed E-state index contributed by atoms with van der Waals surface area (Å²) in [6.07, 6.45) is -4.94. The molecule has 0 aliphatic heterocycles. The third kappa shape index (κ3) is 2.81. The van der Waals surface area contributed by atoms with E-state index in [-0.39, 0.29) is 10.2 Å². The Labute approximate surface area is 85.4 Å². The van der Waals surface area contributed by atoms with Gasteiger partial charge in [-0.3, -0.25) is 4.79 Å². The first-order valence-corrected chi connectivity index (χ1v) is 3.89. The Balaban J connectivity index is 3.11. The van der Waals surface area contributed by atoms with E-state index in [1.807, 2.05) is 4.98 Å². The number of aromatic nitrogens is 1. The first-order valence-electron chi connectivity index (χ1n) is 3.13. The molecule has 0 aliphatic carbocycles. The minimum Gasteiger partial charge on any atom is -0.400 e. The largest absolute Gasteiger partial charge is 0.573 e. The lowest BCUT2D eigenvalue weighted by atomic mass is 10.4. The zero-order chi connectivity index (χ0) is 10.9. The van der Waals surface area contributed by atoms with Crippen LogP contribution < -0.4 is 10.3 Å². The molecule has 78 valence electrons. The Morgan fingerprint density at radius 1 is 1.36 bits per heavy atom. The van der Waals surface area contributed by atoms with Crippen LogP contribution in [0.4, 0.5) is 13.2 Å². The quantitative estimate of drug-likeness (QED) is 0.776. The monoisotopic (exact) mass is 247 g/mol. The smallest absolute Gasteiger partial charge is 0.400 e. The third-order valence-corrected chi connectivity index (χ3v) is 1.83. The number of alkyl halides is 3. The zero-order valence-electron chi connectivity index (χ0n) is 6.28. The van der Waals surface area contributed by atoms with Crippen molar-refractivity contribution in [3.8, 4) is 5.75 Å². The highest BCUT2D eigenvalue weighted by Gasteiger charge is 2.32. The number of nitrogens with one attached hydrogen (secondary N) is 1. The van der Waals surface area contributed by atoms with Gasteiger partial charge in [-0.2, -0.15) is 0 Å². The summed E-state index contributed by atoms with van der Waals surface area (Å²) in [5.41, 5.74) is -1.10. The highest BCUT2D eigenvalue weighted by Crippen LogP contribution is 2.24. The number of aromatic amines is 1. The Kier molecular flexibility index (Phi) is 2.96. The fourth-order valence-electron chi connectivity index (χ4n) is 0.665. The van der Waals surface area contributed by atoms with Crippen molar-refractivity contribution in [3.05, 3.63) is 26.6 Å². The molecule has 0 aromatic carbocycles. The van der Waals surface area contributed by atoms with E-state index in [1.54, 1.807) is 0 Å². The van der Waals surface area contributed by atoms with E-state index < -0.39 is 17.7 Å². The first-order chi connectivity index (χ1) is 6.29. The van der Waals surface area contributed by atoms with Gasteiger partial charge in [-0.1, -0.05) is 23.2 Å². The molecule has 1 aromatic heterocycles. The van der Waals surface area contributed by atoms with Gasteiger partial charge in [0.15, 0.2) is 5.75 Å². The molecule has 0 spiro atoms. The minimum absolute atomic E-state index is 0.231. The molecule has 0 saturated heterocycles. The maximum Gasteiger partial charge on any atom is 0.573 e. The topological polar surface area (TPSA) is 42.1 Å². The number of ether oxygens (including phenoxy) is 1. The van der Waals surface area contributed by atoms with Crippen molar-refractivity contribution >= 4 is 23.2 Å². The van der Waals surface area contributed by atoms with Gasteiger partial charge in [-0.15, -0.1) is 13.2 Å². The normalized spacial score (nSPS) is 11.5. The van der Waals surface area contributed by atoms with E-state index in [0.717, 1.165) is 0 Å². The summed E-state index contributed by atoms with van der Waals surface area (Å²) in [5, 5.41) is -0.475. The van der Waals surface area contributed by atoms with Gasteiger partial charge in [0.25, 0.3) is 5.56 Å². The molecule has 0 atom stereocenters. The molecule has 14 heavy (non-hydrogen) atoms. The minimum atomic E-state index is -4.94. The predicted octanol–water partition coefficient (Wildman–Crippen LogP) is 2.58. The summed E-state index contributed by atoms with van der Waals surface area (Å²) in [4.78, 5) is 12.7. The summed E-state index contributed by atoms with van der Waals surface area (Å²) in [6.45, 7) is 0. The lowest BCUT2D eigenvalue weighted by Crippen LogP contribution is -2.22. The summed E-state index contributed by atoms with van der Waals surface area (Å²) >= 11 is 10.7. The lowest BCUT2D eigenvalue weighted by Gasteiger charge is -2.07. The van der Waals surface area contributed by atoms with Crippen molar-refractivity contribution in [1.29, 1.82) is 0 Å². The fourth-order valence-corrected chi connectivity index (χ4v) is 0.952. The molecule has 1 rings (SSSR count). The molecule has 0 radical (unpaired) electrons. The van der Waals surface area contributed by atoms with Crippen molar-refractivity contribution in [2.24, 2.45) is 0 Å². The molecular formula is C6H2Cl2F3NO2. The van der Waals surface area contributed by atoms with E-state index in [4.69, 9.17) is 23.2 Å². The highest BCUT2D eigenvalue weighted by molar-refractivity contribution is 6.41. The van der Waals surface area contributed by atoms with Crippen molar-refractivity contribution in [2.45, 2.75) is 6.36 Å². The molecule has 0 amide bonds. The van der Waals surface area contributed by atoms with Gasteiger partial charge in [0, 0.05) is 6.07 Å². The van der Waals surface area contributed by atoms with Crippen molar-refractivity contribution in [2.75, 3.05) is 0 Å². The predicted molar refractivity (Wildman–Crippen MR) is 43.8 cm³/mol. The molecule has 0 bridgehead atoms. The second-order valence-corrected chi connectivity index (χ2v) is 2.96. The third-order valence-electron chi connectivity index (χ3n) is 1.14. The number of H-pyrrole nitrogens is 1. The number of hydrogen-bond acceptors (Lipinski definition) is 2. The Bertz CT molecular complexity index is 401. The van der Waals surface area contributed by atoms with E-state index in [2.05, 4.69) is 4.74 Å². The van der Waals surface area contributed by atoms with Gasteiger partial charge in [0.2, 0.25) is 0 Å². The number of halogens is 5. The summed E-state index contributed by atoms with van der Waals surface area (Å²) in [6, 6.07) is 0.691. The molecule has 8 heteroatoms. The van der Waals surface area contributed by atoms with E-state index >= 15 is 0 Å². The average molecular weight is 248 g/mol. The van der Waals surface area contributed by atoms with Crippen LogP contribution in [0.25, 0.3) is 0 Å². The maximum absolute atomic E-state index is 11.7. The van der Waals surface area contributed by atoms with E-state index in [1.165, 1.54) is 0 Å². The molecule has 0 fully saturated rings. The Hall–Kier alpha value is -0.880. The van der Waals surface area contributed by atoms with Gasteiger partial charge in [0.05, 0.1) is 5.02 Å². The van der Waals surface area contributed by atoms with Crippen LogP contribution in [0.15, 0.2) is 10.9 Å². The molecule has 1 heterocycles. The molecule has 3 nitrogen and oxygen atoms in total. The first kappa shape index (κ1) is 11.2. The van der Waals surface area contributed by atoms with Gasteiger partial charge in [-0.05, 0) is 0 Å². The summed E-state index contributed by atoms with van der Waals surface area (Å²) < 4.78 is 38.5. The molecular weight excluding hydrogens is 246 g/mol. The summed E-state index contributed by atoms with van der Waals surface area (Å²) in [7, 11) is 0. The van der Waals surface area contributed by atoms with Crippen molar-refractivity contribution < 1.29 is 17.9 Å². The van der Waals surface area contributed by atoms with Gasteiger partial charge in [0.1, 0.15) is 5.15 Å². The Morgan fingerprint density at radius 3 is 2.43 bits per heavy atom. The van der Waals surface area contributed by atoms with Crippen LogP contribution in [0.5, 0.6) is 5.75 Å². The number of hydrogen-bond donors (Lipinski definition) is 1. The van der Waals surface area contributed by atoms with Crippen LogP contribution in [-0.4, -0.2) is 11.3 Å². The van der Waals surface area contributed by atoms with Crippen LogP contribution in [0.2, 0.25) is 10.2 Å². The standard InChI is InChI=1S/C6H2Cl2F3NO2/c7-2-1-3(14-6(9,10)11)5(13)12-4(2)8/h1H,(H,12,13). The average Bonchev–Trinajstić information content (AvgIpc) is 1.97. The Morgan fingerprint density at radius 2 is 1.93 bits per heavy atom. The van der Waals surface area contributed by atoms with Gasteiger partial charge < -0.3 is 9.72 Å². The maximum atomic E-state index is 11.7. The van der Waals surface area contributed by atoms with Crippen LogP contribution in [0.1, 0.15) is 0 Å². The SMILES string of the molecule is O=c1[nH]c(Cl)c(Cl)cc1OC(F)(F)F. The molecule has 0 unspecified atom stereocenters. The number of rotatable bonds is 1. The van der Waals surface area contributed by atoms with Crippen LogP contribution in [0.3, 0.4) is 0 Å². The highest BCUT2D eigenvalue weighted by atomic mass is 35.5. The molecule has 0 aliphatic rings. The molecule has 0 saturated carbocycles. The molecule has 1 aromatic rings. The second-order valence-electron chi connectivity index (χ2n) is 2.17. The van der Waals surface area contributed by atoms with Crippen LogP contribution in [0, 0.1) is 0 Å². The second kappa shape index (κ2) is 3.70. The van der Waals surface area contributed by atoms with Gasteiger partial charge in [-0.25, -0.2) is 0 Å². The number of pyridine rings is 1.